The fraction of sp³-hybridized carbons (Fsp3) is 0.364. The van der Waals surface area contributed by atoms with Crippen LogP contribution in [-0.2, 0) is 22.6 Å². The van der Waals surface area contributed by atoms with E-state index in [4.69, 9.17) is 16.3 Å². The van der Waals surface area contributed by atoms with Crippen LogP contribution in [0, 0.1) is 0 Å². The molecule has 2 aromatic rings. The molecule has 0 spiro atoms. The van der Waals surface area contributed by atoms with Gasteiger partial charge >= 0.3 is 0 Å². The molecule has 1 N–H and O–H groups in total. The van der Waals surface area contributed by atoms with Crippen molar-refractivity contribution in [3.8, 4) is 5.75 Å². The van der Waals surface area contributed by atoms with Gasteiger partial charge in [0.1, 0.15) is 5.75 Å². The standard InChI is InChI=1S/C22H26ClN3O3/c1-15(22(28)26-11-10-16-6-4-5-7-17(16)13-26)25(2)14-21(27)24-19-12-18(23)8-9-20(19)29-3/h4-9,12,15H,10-11,13-14H2,1-3H3,(H,24,27). The van der Waals surface area contributed by atoms with Crippen LogP contribution in [0.5, 0.6) is 5.75 Å². The summed E-state index contributed by atoms with van der Waals surface area (Å²) >= 11 is 6.01. The summed E-state index contributed by atoms with van der Waals surface area (Å²) in [5.41, 5.74) is 2.99. The number of amides is 2. The SMILES string of the molecule is COc1ccc(Cl)cc1NC(=O)CN(C)C(C)C(=O)N1CCc2ccccc2C1. The van der Waals surface area contributed by atoms with Crippen molar-refractivity contribution < 1.29 is 14.3 Å². The van der Waals surface area contributed by atoms with Gasteiger partial charge in [-0.05, 0) is 49.7 Å². The van der Waals surface area contributed by atoms with Crippen LogP contribution in [0.3, 0.4) is 0 Å². The van der Waals surface area contributed by atoms with Crippen molar-refractivity contribution in [1.82, 2.24) is 9.80 Å². The molecule has 0 bridgehead atoms. The van der Waals surface area contributed by atoms with Gasteiger partial charge in [0.2, 0.25) is 11.8 Å². The van der Waals surface area contributed by atoms with Gasteiger partial charge in [0.05, 0.1) is 25.4 Å². The molecular formula is C22H26ClN3O3. The molecule has 1 atom stereocenters. The number of fused-ring (bicyclic) bond motifs is 1. The lowest BCUT2D eigenvalue weighted by Gasteiger charge is -2.33. The Hall–Kier alpha value is -2.57. The maximum absolute atomic E-state index is 12.9. The molecule has 2 amide bonds. The predicted octanol–water partition coefficient (Wildman–Crippen LogP) is 3.19. The lowest BCUT2D eigenvalue weighted by Crippen LogP contribution is -2.49. The summed E-state index contributed by atoms with van der Waals surface area (Å²) in [5, 5.41) is 3.31. The third kappa shape index (κ3) is 5.08. The Morgan fingerprint density at radius 3 is 2.69 bits per heavy atom. The number of hydrogen-bond acceptors (Lipinski definition) is 4. The molecule has 1 aliphatic heterocycles. The number of halogens is 1. The minimum absolute atomic E-state index is 0.0233. The number of nitrogens with zero attached hydrogens (tertiary/aromatic N) is 2. The summed E-state index contributed by atoms with van der Waals surface area (Å²) in [5.74, 6) is 0.313. The van der Waals surface area contributed by atoms with E-state index in [1.54, 1.807) is 30.1 Å². The number of ether oxygens (including phenoxy) is 1. The third-order valence-corrected chi connectivity index (χ3v) is 5.52. The first-order valence-electron chi connectivity index (χ1n) is 9.58. The molecule has 1 aliphatic rings. The lowest BCUT2D eigenvalue weighted by atomic mass is 9.99. The Morgan fingerprint density at radius 2 is 1.97 bits per heavy atom. The maximum atomic E-state index is 12.9. The first-order valence-corrected chi connectivity index (χ1v) is 9.96. The Balaban J connectivity index is 1.59. The summed E-state index contributed by atoms with van der Waals surface area (Å²) in [7, 11) is 3.30. The van der Waals surface area contributed by atoms with Crippen molar-refractivity contribution in [1.29, 1.82) is 0 Å². The monoisotopic (exact) mass is 415 g/mol. The molecule has 154 valence electrons. The average Bonchev–Trinajstić information content (AvgIpc) is 2.72. The van der Waals surface area contributed by atoms with Crippen molar-refractivity contribution in [3.63, 3.8) is 0 Å². The predicted molar refractivity (Wildman–Crippen MR) is 114 cm³/mol. The molecule has 7 heteroatoms. The zero-order chi connectivity index (χ0) is 21.0. The van der Waals surface area contributed by atoms with E-state index >= 15 is 0 Å². The normalized spacial score (nSPS) is 14.3. The fourth-order valence-electron chi connectivity index (χ4n) is 3.47. The van der Waals surface area contributed by atoms with Crippen LogP contribution >= 0.6 is 11.6 Å². The Labute approximate surface area is 176 Å². The van der Waals surface area contributed by atoms with E-state index in [2.05, 4.69) is 17.4 Å². The van der Waals surface area contributed by atoms with Gasteiger partial charge in [0.15, 0.2) is 0 Å². The number of rotatable bonds is 6. The number of likely N-dealkylation sites (N-methyl/N-ethyl adjacent to an activating group) is 1. The summed E-state index contributed by atoms with van der Waals surface area (Å²) < 4.78 is 5.25. The maximum Gasteiger partial charge on any atom is 0.239 e. The van der Waals surface area contributed by atoms with Crippen LogP contribution < -0.4 is 10.1 Å². The average molecular weight is 416 g/mol. The molecule has 1 heterocycles. The highest BCUT2D eigenvalue weighted by molar-refractivity contribution is 6.31. The van der Waals surface area contributed by atoms with E-state index < -0.39 is 6.04 Å². The largest absolute Gasteiger partial charge is 0.495 e. The molecule has 0 aromatic heterocycles. The molecule has 0 saturated heterocycles. The van der Waals surface area contributed by atoms with Gasteiger partial charge in [0.25, 0.3) is 0 Å². The Morgan fingerprint density at radius 1 is 1.24 bits per heavy atom. The molecule has 0 radical (unpaired) electrons. The molecule has 0 aliphatic carbocycles. The van der Waals surface area contributed by atoms with Crippen LogP contribution in [0.1, 0.15) is 18.1 Å². The minimum Gasteiger partial charge on any atom is -0.495 e. The highest BCUT2D eigenvalue weighted by atomic mass is 35.5. The van der Waals surface area contributed by atoms with E-state index in [-0.39, 0.29) is 18.4 Å². The second-order valence-corrected chi connectivity index (χ2v) is 7.70. The van der Waals surface area contributed by atoms with Crippen molar-refractivity contribution in [2.75, 3.05) is 32.6 Å². The van der Waals surface area contributed by atoms with Crippen LogP contribution in [0.2, 0.25) is 5.02 Å². The molecule has 29 heavy (non-hydrogen) atoms. The van der Waals surface area contributed by atoms with E-state index in [9.17, 15) is 9.59 Å². The van der Waals surface area contributed by atoms with Gasteiger partial charge in [-0.15, -0.1) is 0 Å². The Kier molecular flexibility index (Phi) is 6.77. The number of anilines is 1. The first-order chi connectivity index (χ1) is 13.9. The van der Waals surface area contributed by atoms with Gasteiger partial charge < -0.3 is 15.0 Å². The minimum atomic E-state index is -0.410. The van der Waals surface area contributed by atoms with Gasteiger partial charge in [-0.1, -0.05) is 35.9 Å². The van der Waals surface area contributed by atoms with Gasteiger partial charge in [-0.25, -0.2) is 0 Å². The number of hydrogen-bond donors (Lipinski definition) is 1. The highest BCUT2D eigenvalue weighted by Gasteiger charge is 2.27. The van der Waals surface area contributed by atoms with E-state index in [1.807, 2.05) is 24.0 Å². The number of nitrogens with one attached hydrogen (secondary N) is 1. The van der Waals surface area contributed by atoms with Gasteiger partial charge in [-0.2, -0.15) is 0 Å². The number of carbonyl (C=O) groups excluding carboxylic acids is 2. The van der Waals surface area contributed by atoms with Crippen molar-refractivity contribution in [2.45, 2.75) is 25.9 Å². The van der Waals surface area contributed by atoms with Crippen LogP contribution in [0.15, 0.2) is 42.5 Å². The Bertz CT molecular complexity index is 903. The number of methoxy groups -OCH3 is 1. The molecule has 6 nitrogen and oxygen atoms in total. The lowest BCUT2D eigenvalue weighted by molar-refractivity contribution is -0.137. The zero-order valence-electron chi connectivity index (χ0n) is 16.9. The van der Waals surface area contributed by atoms with Crippen LogP contribution in [-0.4, -0.2) is 54.9 Å². The molecule has 0 saturated carbocycles. The summed E-state index contributed by atoms with van der Waals surface area (Å²) in [6, 6.07) is 12.8. The molecule has 2 aromatic carbocycles. The van der Waals surface area contributed by atoms with Crippen molar-refractivity contribution >= 4 is 29.1 Å². The van der Waals surface area contributed by atoms with E-state index in [1.165, 1.54) is 18.2 Å². The summed E-state index contributed by atoms with van der Waals surface area (Å²) in [6.07, 6.45) is 0.855. The molecule has 3 rings (SSSR count). The summed E-state index contributed by atoms with van der Waals surface area (Å²) in [4.78, 5) is 29.1. The molecule has 0 fully saturated rings. The number of carbonyl (C=O) groups is 2. The van der Waals surface area contributed by atoms with Crippen molar-refractivity contribution in [2.24, 2.45) is 0 Å². The van der Waals surface area contributed by atoms with Crippen molar-refractivity contribution in [3.05, 3.63) is 58.6 Å². The second-order valence-electron chi connectivity index (χ2n) is 7.26. The zero-order valence-corrected chi connectivity index (χ0v) is 17.7. The van der Waals surface area contributed by atoms with Crippen LogP contribution in [0.25, 0.3) is 0 Å². The first kappa shape index (κ1) is 21.1. The van der Waals surface area contributed by atoms with Gasteiger partial charge in [-0.3, -0.25) is 14.5 Å². The summed E-state index contributed by atoms with van der Waals surface area (Å²) in [6.45, 7) is 3.21. The smallest absolute Gasteiger partial charge is 0.239 e. The third-order valence-electron chi connectivity index (χ3n) is 5.29. The highest BCUT2D eigenvalue weighted by Crippen LogP contribution is 2.27. The quantitative estimate of drug-likeness (QED) is 0.787. The fourth-order valence-corrected chi connectivity index (χ4v) is 3.64. The topological polar surface area (TPSA) is 61.9 Å². The number of benzene rings is 2. The molecular weight excluding hydrogens is 390 g/mol. The second kappa shape index (κ2) is 9.29. The van der Waals surface area contributed by atoms with E-state index in [0.29, 0.717) is 29.5 Å². The van der Waals surface area contributed by atoms with Crippen LogP contribution in [0.4, 0.5) is 5.69 Å². The van der Waals surface area contributed by atoms with Gasteiger partial charge in [0, 0.05) is 18.1 Å². The van der Waals surface area contributed by atoms with E-state index in [0.717, 1.165) is 6.42 Å². The molecule has 1 unspecified atom stereocenters.